The summed E-state index contributed by atoms with van der Waals surface area (Å²) in [6.45, 7) is 0. The molecule has 0 aliphatic rings. The number of primary amides is 1. The van der Waals surface area contributed by atoms with Gasteiger partial charge in [0.15, 0.2) is 0 Å². The summed E-state index contributed by atoms with van der Waals surface area (Å²) >= 11 is 0. The van der Waals surface area contributed by atoms with Crippen LogP contribution in [0.5, 0.6) is 17.4 Å². The zero-order chi connectivity index (χ0) is 16.2. The molecule has 116 valence electrons. The molecule has 2 N–H and O–H groups in total. The Kier molecular flexibility index (Phi) is 4.10. The lowest BCUT2D eigenvalue weighted by Gasteiger charge is -2.11. The van der Waals surface area contributed by atoms with E-state index >= 15 is 0 Å². The molecular weight excluding hydrogens is 292 g/mol. The van der Waals surface area contributed by atoms with Gasteiger partial charge in [-0.05, 0) is 35.9 Å². The van der Waals surface area contributed by atoms with Gasteiger partial charge in [-0.15, -0.1) is 0 Å². The lowest BCUT2D eigenvalue weighted by atomic mass is 10.1. The first-order chi connectivity index (χ1) is 11.2. The topological polar surface area (TPSA) is 74.4 Å². The van der Waals surface area contributed by atoms with Crippen molar-refractivity contribution >= 4 is 16.8 Å². The van der Waals surface area contributed by atoms with Crippen molar-refractivity contribution in [3.63, 3.8) is 0 Å². The summed E-state index contributed by atoms with van der Waals surface area (Å²) in [7, 11) is 1.59. The van der Waals surface area contributed by atoms with E-state index in [4.69, 9.17) is 15.2 Å². The number of carbonyl (C=O) groups is 1. The van der Waals surface area contributed by atoms with E-state index < -0.39 is 5.91 Å². The molecule has 3 rings (SSSR count). The first kappa shape index (κ1) is 14.8. The summed E-state index contributed by atoms with van der Waals surface area (Å²) in [5.74, 6) is 1.38. The number of hydrogen-bond acceptors (Lipinski definition) is 4. The normalized spacial score (nSPS) is 10.5. The van der Waals surface area contributed by atoms with Crippen LogP contribution in [0.25, 0.3) is 10.9 Å². The third kappa shape index (κ3) is 3.40. The highest BCUT2D eigenvalue weighted by atomic mass is 16.5. The molecule has 0 atom stereocenters. The molecule has 0 bridgehead atoms. The lowest BCUT2D eigenvalue weighted by molar-refractivity contribution is -0.117. The smallest absolute Gasteiger partial charge is 0.221 e. The van der Waals surface area contributed by atoms with Crippen LogP contribution in [-0.2, 0) is 11.2 Å². The molecule has 0 aliphatic carbocycles. The van der Waals surface area contributed by atoms with Crippen LogP contribution in [0.2, 0.25) is 0 Å². The van der Waals surface area contributed by atoms with Crippen molar-refractivity contribution in [2.75, 3.05) is 7.11 Å². The van der Waals surface area contributed by atoms with Crippen molar-refractivity contribution < 1.29 is 14.3 Å². The van der Waals surface area contributed by atoms with Crippen LogP contribution in [-0.4, -0.2) is 18.0 Å². The summed E-state index contributed by atoms with van der Waals surface area (Å²) in [5, 5.41) is 0.823. The zero-order valence-electron chi connectivity index (χ0n) is 12.7. The Hall–Kier alpha value is -3.08. The number of nitrogens with two attached hydrogens (primary N) is 1. The Labute approximate surface area is 133 Å². The predicted molar refractivity (Wildman–Crippen MR) is 87.7 cm³/mol. The maximum absolute atomic E-state index is 11.4. The van der Waals surface area contributed by atoms with Crippen molar-refractivity contribution in [3.05, 3.63) is 60.2 Å². The van der Waals surface area contributed by atoms with E-state index in [2.05, 4.69) is 4.98 Å². The fourth-order valence-electron chi connectivity index (χ4n) is 2.37. The molecule has 0 saturated heterocycles. The largest absolute Gasteiger partial charge is 0.497 e. The first-order valence-corrected chi connectivity index (χ1v) is 7.14. The van der Waals surface area contributed by atoms with Gasteiger partial charge in [-0.25, -0.2) is 4.98 Å². The minimum absolute atomic E-state index is 0.108. The second-order valence-corrected chi connectivity index (χ2v) is 5.06. The van der Waals surface area contributed by atoms with Crippen molar-refractivity contribution in [1.29, 1.82) is 0 Å². The van der Waals surface area contributed by atoms with Gasteiger partial charge in [0, 0.05) is 11.5 Å². The number of fused-ring (bicyclic) bond motifs is 1. The molecule has 5 heteroatoms. The van der Waals surface area contributed by atoms with Crippen molar-refractivity contribution in [2.24, 2.45) is 5.73 Å². The number of pyridine rings is 1. The van der Waals surface area contributed by atoms with Gasteiger partial charge in [0.2, 0.25) is 11.8 Å². The Bertz CT molecular complexity index is 848. The molecule has 2 aromatic carbocycles. The number of para-hydroxylation sites is 1. The summed E-state index contributed by atoms with van der Waals surface area (Å²) in [6, 6.07) is 16.6. The number of aromatic nitrogens is 1. The van der Waals surface area contributed by atoms with Crippen molar-refractivity contribution in [1.82, 2.24) is 4.98 Å². The highest BCUT2D eigenvalue weighted by molar-refractivity contribution is 5.89. The minimum atomic E-state index is -0.411. The molecule has 0 spiro atoms. The van der Waals surface area contributed by atoms with E-state index in [0.717, 1.165) is 16.5 Å². The predicted octanol–water partition coefficient (Wildman–Crippen LogP) is 3.06. The van der Waals surface area contributed by atoms with E-state index in [0.29, 0.717) is 17.4 Å². The third-order valence-corrected chi connectivity index (χ3v) is 3.41. The van der Waals surface area contributed by atoms with Crippen LogP contribution >= 0.6 is 0 Å². The number of hydrogen-bond donors (Lipinski definition) is 1. The SMILES string of the molecule is COc1ccc2nc(Oc3ccccc3)cc(CC(N)=O)c2c1. The molecule has 23 heavy (non-hydrogen) atoms. The fraction of sp³-hybridized carbons (Fsp3) is 0.111. The van der Waals surface area contributed by atoms with Gasteiger partial charge in [0.05, 0.1) is 19.0 Å². The molecule has 0 saturated carbocycles. The van der Waals surface area contributed by atoms with Crippen molar-refractivity contribution in [2.45, 2.75) is 6.42 Å². The second-order valence-electron chi connectivity index (χ2n) is 5.06. The molecule has 1 heterocycles. The average molecular weight is 308 g/mol. The molecule has 1 amide bonds. The molecule has 1 aromatic heterocycles. The summed E-state index contributed by atoms with van der Waals surface area (Å²) in [4.78, 5) is 15.9. The van der Waals surface area contributed by atoms with E-state index in [9.17, 15) is 4.79 Å². The van der Waals surface area contributed by atoms with E-state index in [1.54, 1.807) is 13.2 Å². The molecule has 3 aromatic rings. The number of amides is 1. The highest BCUT2D eigenvalue weighted by Gasteiger charge is 2.11. The standard InChI is InChI=1S/C18H16N2O3/c1-22-14-7-8-16-15(11-14)12(9-17(19)21)10-18(20-16)23-13-5-3-2-4-6-13/h2-8,10-11H,9H2,1H3,(H2,19,21). The Morgan fingerprint density at radius 3 is 2.57 bits per heavy atom. The maximum Gasteiger partial charge on any atom is 0.221 e. The van der Waals surface area contributed by atoms with E-state index in [-0.39, 0.29) is 6.42 Å². The molecule has 0 radical (unpaired) electrons. The van der Waals surface area contributed by atoms with Gasteiger partial charge in [-0.2, -0.15) is 0 Å². The Balaban J connectivity index is 2.07. The Morgan fingerprint density at radius 1 is 1.09 bits per heavy atom. The first-order valence-electron chi connectivity index (χ1n) is 7.14. The quantitative estimate of drug-likeness (QED) is 0.786. The molecule has 0 unspecified atom stereocenters. The minimum Gasteiger partial charge on any atom is -0.497 e. The van der Waals surface area contributed by atoms with Crippen LogP contribution in [0.3, 0.4) is 0 Å². The average Bonchev–Trinajstić information content (AvgIpc) is 2.55. The van der Waals surface area contributed by atoms with Gasteiger partial charge in [0.25, 0.3) is 0 Å². The maximum atomic E-state index is 11.4. The third-order valence-electron chi connectivity index (χ3n) is 3.41. The van der Waals surface area contributed by atoms with Gasteiger partial charge < -0.3 is 15.2 Å². The number of rotatable bonds is 5. The number of methoxy groups -OCH3 is 1. The summed E-state index contributed by atoms with van der Waals surface area (Å²) in [5.41, 5.74) is 6.83. The fourth-order valence-corrected chi connectivity index (χ4v) is 2.37. The lowest BCUT2D eigenvalue weighted by Crippen LogP contribution is -2.14. The number of benzene rings is 2. The van der Waals surface area contributed by atoms with Gasteiger partial charge in [-0.3, -0.25) is 4.79 Å². The molecule has 0 fully saturated rings. The Morgan fingerprint density at radius 2 is 1.87 bits per heavy atom. The highest BCUT2D eigenvalue weighted by Crippen LogP contribution is 2.28. The van der Waals surface area contributed by atoms with E-state index in [1.807, 2.05) is 48.5 Å². The summed E-state index contributed by atoms with van der Waals surface area (Å²) in [6.07, 6.45) is 0.108. The van der Waals surface area contributed by atoms with Crippen LogP contribution in [0.15, 0.2) is 54.6 Å². The van der Waals surface area contributed by atoms with E-state index in [1.165, 1.54) is 0 Å². The monoisotopic (exact) mass is 308 g/mol. The molecular formula is C18H16N2O3. The zero-order valence-corrected chi connectivity index (χ0v) is 12.7. The van der Waals surface area contributed by atoms with Gasteiger partial charge in [0.1, 0.15) is 11.5 Å². The van der Waals surface area contributed by atoms with Crippen LogP contribution in [0.4, 0.5) is 0 Å². The van der Waals surface area contributed by atoms with Crippen LogP contribution in [0, 0.1) is 0 Å². The van der Waals surface area contributed by atoms with Gasteiger partial charge in [-0.1, -0.05) is 18.2 Å². The molecule has 5 nitrogen and oxygen atoms in total. The number of ether oxygens (including phenoxy) is 2. The number of nitrogens with zero attached hydrogens (tertiary/aromatic N) is 1. The van der Waals surface area contributed by atoms with Gasteiger partial charge >= 0.3 is 0 Å². The second kappa shape index (κ2) is 6.36. The molecule has 0 aliphatic heterocycles. The van der Waals surface area contributed by atoms with Crippen molar-refractivity contribution in [3.8, 4) is 17.4 Å². The number of carbonyl (C=O) groups excluding carboxylic acids is 1. The van der Waals surface area contributed by atoms with Crippen LogP contribution in [0.1, 0.15) is 5.56 Å². The summed E-state index contributed by atoms with van der Waals surface area (Å²) < 4.78 is 11.0. The van der Waals surface area contributed by atoms with Crippen LogP contribution < -0.4 is 15.2 Å².